The molecule has 1 N–H and O–H groups in total. The van der Waals surface area contributed by atoms with E-state index in [0.717, 1.165) is 0 Å². The molecule has 1 aromatic heterocycles. The number of carbonyl (C=O) groups is 2. The van der Waals surface area contributed by atoms with E-state index in [4.69, 9.17) is 9.47 Å². The van der Waals surface area contributed by atoms with Crippen molar-refractivity contribution in [3.8, 4) is 11.4 Å². The number of rotatable bonds is 9. The summed E-state index contributed by atoms with van der Waals surface area (Å²) in [7, 11) is 0. The van der Waals surface area contributed by atoms with E-state index in [1.807, 2.05) is 20.8 Å². The second-order valence-corrected chi connectivity index (χ2v) is 6.67. The van der Waals surface area contributed by atoms with E-state index in [1.54, 1.807) is 6.92 Å². The van der Waals surface area contributed by atoms with Gasteiger partial charge in [-0.2, -0.15) is 5.10 Å². The third-order valence-electron chi connectivity index (χ3n) is 4.22. The van der Waals surface area contributed by atoms with Crippen molar-refractivity contribution in [2.24, 2.45) is 5.92 Å². The number of ether oxygens (including phenoxy) is 2. The summed E-state index contributed by atoms with van der Waals surface area (Å²) < 4.78 is 11.8. The predicted molar refractivity (Wildman–Crippen MR) is 104 cm³/mol. The topological polar surface area (TPSA) is 126 Å². The minimum Gasteiger partial charge on any atom is -0.480 e. The summed E-state index contributed by atoms with van der Waals surface area (Å²) >= 11 is 0. The predicted octanol–water partition coefficient (Wildman–Crippen LogP) is 2.50. The van der Waals surface area contributed by atoms with Crippen LogP contribution in [-0.2, 0) is 9.53 Å². The standard InChI is InChI=1S/C19H24N4O6/c1-5-28-19(25)18-16(29-11-17(24)20-13(4)12(2)3)10-22(21-18)14-6-8-15(9-7-14)23(26)27/h6-10,12-13H,5,11H2,1-4H3,(H,20,24). The summed E-state index contributed by atoms with van der Waals surface area (Å²) in [4.78, 5) is 34.6. The lowest BCUT2D eigenvalue weighted by molar-refractivity contribution is -0.384. The van der Waals surface area contributed by atoms with Crippen molar-refractivity contribution in [2.75, 3.05) is 13.2 Å². The number of nitro benzene ring substituents is 1. The Kier molecular flexibility index (Phi) is 7.29. The molecule has 2 aromatic rings. The summed E-state index contributed by atoms with van der Waals surface area (Å²) in [6.07, 6.45) is 1.42. The van der Waals surface area contributed by atoms with Gasteiger partial charge in [-0.3, -0.25) is 14.9 Å². The highest BCUT2D eigenvalue weighted by Gasteiger charge is 2.22. The van der Waals surface area contributed by atoms with Crippen molar-refractivity contribution in [2.45, 2.75) is 33.7 Å². The lowest BCUT2D eigenvalue weighted by Gasteiger charge is -2.17. The molecular weight excluding hydrogens is 380 g/mol. The third-order valence-corrected chi connectivity index (χ3v) is 4.22. The quantitative estimate of drug-likeness (QED) is 0.386. The Hall–Kier alpha value is -3.43. The summed E-state index contributed by atoms with van der Waals surface area (Å²) in [5, 5.41) is 17.8. The number of non-ortho nitro benzene ring substituents is 1. The van der Waals surface area contributed by atoms with Crippen LogP contribution in [0, 0.1) is 16.0 Å². The zero-order valence-corrected chi connectivity index (χ0v) is 16.7. The number of amides is 1. The number of carbonyl (C=O) groups excluding carboxylic acids is 2. The highest BCUT2D eigenvalue weighted by atomic mass is 16.6. The van der Waals surface area contributed by atoms with Crippen LogP contribution in [0.3, 0.4) is 0 Å². The van der Waals surface area contributed by atoms with E-state index in [0.29, 0.717) is 5.69 Å². The number of nitrogens with zero attached hydrogens (tertiary/aromatic N) is 3. The largest absolute Gasteiger partial charge is 0.480 e. The highest BCUT2D eigenvalue weighted by molar-refractivity contribution is 5.90. The molecule has 0 fully saturated rings. The van der Waals surface area contributed by atoms with Crippen LogP contribution >= 0.6 is 0 Å². The molecule has 0 aliphatic carbocycles. The monoisotopic (exact) mass is 404 g/mol. The van der Waals surface area contributed by atoms with E-state index in [-0.39, 0.29) is 48.2 Å². The van der Waals surface area contributed by atoms with Gasteiger partial charge in [0.15, 0.2) is 12.4 Å². The Morgan fingerprint density at radius 2 is 1.90 bits per heavy atom. The van der Waals surface area contributed by atoms with E-state index in [9.17, 15) is 19.7 Å². The Morgan fingerprint density at radius 1 is 1.24 bits per heavy atom. The molecule has 0 aliphatic rings. The fourth-order valence-electron chi connectivity index (χ4n) is 2.27. The first-order valence-electron chi connectivity index (χ1n) is 9.16. The maximum Gasteiger partial charge on any atom is 0.362 e. The van der Waals surface area contributed by atoms with Gasteiger partial charge in [-0.15, -0.1) is 0 Å². The molecule has 0 radical (unpaired) electrons. The van der Waals surface area contributed by atoms with Crippen molar-refractivity contribution in [3.05, 3.63) is 46.3 Å². The first kappa shape index (κ1) is 21.9. The van der Waals surface area contributed by atoms with Crippen LogP contribution in [0.2, 0.25) is 0 Å². The zero-order chi connectivity index (χ0) is 21.6. The van der Waals surface area contributed by atoms with Crippen molar-refractivity contribution >= 4 is 17.6 Å². The second-order valence-electron chi connectivity index (χ2n) is 6.67. The lowest BCUT2D eigenvalue weighted by atomic mass is 10.1. The number of benzene rings is 1. The molecule has 1 atom stereocenters. The van der Waals surface area contributed by atoms with Gasteiger partial charge in [-0.05, 0) is 31.9 Å². The Labute approximate surface area is 167 Å². The summed E-state index contributed by atoms with van der Waals surface area (Å²) in [5.41, 5.74) is 0.322. The maximum atomic E-state index is 12.2. The van der Waals surface area contributed by atoms with Crippen molar-refractivity contribution in [1.82, 2.24) is 15.1 Å². The summed E-state index contributed by atoms with van der Waals surface area (Å²) in [6, 6.07) is 5.59. The third kappa shape index (κ3) is 5.77. The molecule has 10 nitrogen and oxygen atoms in total. The van der Waals surface area contributed by atoms with Gasteiger partial charge in [0.1, 0.15) is 0 Å². The van der Waals surface area contributed by atoms with Crippen LogP contribution in [-0.4, -0.2) is 45.8 Å². The van der Waals surface area contributed by atoms with Crippen LogP contribution in [0.25, 0.3) is 5.69 Å². The van der Waals surface area contributed by atoms with E-state index < -0.39 is 10.9 Å². The highest BCUT2D eigenvalue weighted by Crippen LogP contribution is 2.22. The summed E-state index contributed by atoms with van der Waals surface area (Å²) in [5.74, 6) is -0.684. The average molecular weight is 404 g/mol. The molecule has 1 aromatic carbocycles. The molecule has 1 unspecified atom stereocenters. The van der Waals surface area contributed by atoms with Gasteiger partial charge in [0.05, 0.1) is 23.4 Å². The number of hydrogen-bond donors (Lipinski definition) is 1. The first-order valence-corrected chi connectivity index (χ1v) is 9.16. The van der Waals surface area contributed by atoms with E-state index in [1.165, 1.54) is 35.1 Å². The van der Waals surface area contributed by atoms with Crippen LogP contribution in [0.5, 0.6) is 5.75 Å². The molecular formula is C19H24N4O6. The maximum absolute atomic E-state index is 12.2. The molecule has 1 amide bonds. The van der Waals surface area contributed by atoms with Crippen molar-refractivity contribution < 1.29 is 24.0 Å². The Bertz CT molecular complexity index is 875. The van der Waals surface area contributed by atoms with Crippen LogP contribution in [0.1, 0.15) is 38.2 Å². The Balaban J connectivity index is 2.22. The molecule has 0 aliphatic heterocycles. The SMILES string of the molecule is CCOC(=O)c1nn(-c2ccc([N+](=O)[O-])cc2)cc1OCC(=O)NC(C)C(C)C. The van der Waals surface area contributed by atoms with Gasteiger partial charge >= 0.3 is 5.97 Å². The molecule has 0 spiro atoms. The average Bonchev–Trinajstić information content (AvgIpc) is 3.11. The van der Waals surface area contributed by atoms with Gasteiger partial charge in [0, 0.05) is 18.2 Å². The molecule has 29 heavy (non-hydrogen) atoms. The molecule has 0 bridgehead atoms. The number of nitrogens with one attached hydrogen (secondary N) is 1. The second kappa shape index (κ2) is 9.67. The van der Waals surface area contributed by atoms with Crippen molar-refractivity contribution in [1.29, 1.82) is 0 Å². The number of hydrogen-bond acceptors (Lipinski definition) is 7. The number of esters is 1. The Morgan fingerprint density at radius 3 is 2.45 bits per heavy atom. The molecule has 1 heterocycles. The number of nitro groups is 1. The smallest absolute Gasteiger partial charge is 0.362 e. The van der Waals surface area contributed by atoms with E-state index in [2.05, 4.69) is 10.4 Å². The molecule has 10 heteroatoms. The molecule has 0 saturated carbocycles. The van der Waals surface area contributed by atoms with Crippen molar-refractivity contribution in [3.63, 3.8) is 0 Å². The van der Waals surface area contributed by atoms with Gasteiger partial charge in [0.25, 0.3) is 11.6 Å². The summed E-state index contributed by atoms with van der Waals surface area (Å²) in [6.45, 7) is 7.37. The van der Waals surface area contributed by atoms with Gasteiger partial charge in [-0.25, -0.2) is 9.48 Å². The van der Waals surface area contributed by atoms with Gasteiger partial charge < -0.3 is 14.8 Å². The fraction of sp³-hybridized carbons (Fsp3) is 0.421. The van der Waals surface area contributed by atoms with Crippen LogP contribution < -0.4 is 10.1 Å². The molecule has 0 saturated heterocycles. The van der Waals surface area contributed by atoms with E-state index >= 15 is 0 Å². The molecule has 156 valence electrons. The molecule has 2 rings (SSSR count). The van der Waals surface area contributed by atoms with Gasteiger partial charge in [0.2, 0.25) is 5.69 Å². The number of aromatic nitrogens is 2. The zero-order valence-electron chi connectivity index (χ0n) is 16.7. The first-order chi connectivity index (χ1) is 13.7. The minimum atomic E-state index is -0.695. The fourth-order valence-corrected chi connectivity index (χ4v) is 2.27. The minimum absolute atomic E-state index is 0.0292. The van der Waals surface area contributed by atoms with Crippen LogP contribution in [0.4, 0.5) is 5.69 Å². The lowest BCUT2D eigenvalue weighted by Crippen LogP contribution is -2.39. The van der Waals surface area contributed by atoms with Crippen LogP contribution in [0.15, 0.2) is 30.5 Å². The normalized spacial score (nSPS) is 11.8. The van der Waals surface area contributed by atoms with Gasteiger partial charge in [-0.1, -0.05) is 13.8 Å².